The SMILES string of the molecule is Oc1cc(O)c2c(c1)[Se]c1cccc3[nH]nc-2c13. The zero-order valence-electron chi connectivity index (χ0n) is 9.14. The summed E-state index contributed by atoms with van der Waals surface area (Å²) in [6.45, 7) is 0. The summed E-state index contributed by atoms with van der Waals surface area (Å²) in [6, 6.07) is 9.13. The number of nitrogens with one attached hydrogen (secondary N) is 1. The van der Waals surface area contributed by atoms with E-state index in [9.17, 15) is 10.2 Å². The molecule has 5 heteroatoms. The van der Waals surface area contributed by atoms with E-state index in [4.69, 9.17) is 0 Å². The number of phenolic OH excluding ortho intramolecular Hbond substituents is 2. The maximum absolute atomic E-state index is 10.0. The number of H-pyrrole nitrogens is 1. The molecule has 0 saturated heterocycles. The third kappa shape index (κ3) is 1.17. The van der Waals surface area contributed by atoms with Gasteiger partial charge in [-0.05, 0) is 0 Å². The number of aromatic nitrogens is 2. The molecule has 1 aliphatic rings. The first-order chi connectivity index (χ1) is 8.74. The van der Waals surface area contributed by atoms with Crippen LogP contribution in [0.1, 0.15) is 0 Å². The molecule has 0 spiro atoms. The molecule has 3 N–H and O–H groups in total. The minimum atomic E-state index is 0.0714. The van der Waals surface area contributed by atoms with Crippen LogP contribution in [-0.2, 0) is 0 Å². The van der Waals surface area contributed by atoms with Gasteiger partial charge in [0.1, 0.15) is 0 Å². The summed E-state index contributed by atoms with van der Waals surface area (Å²) in [7, 11) is 0. The van der Waals surface area contributed by atoms with Gasteiger partial charge in [0.25, 0.3) is 0 Å². The van der Waals surface area contributed by atoms with Crippen LogP contribution < -0.4 is 8.92 Å². The predicted molar refractivity (Wildman–Crippen MR) is 69.9 cm³/mol. The molecule has 0 aliphatic carbocycles. The van der Waals surface area contributed by atoms with E-state index in [1.54, 1.807) is 6.07 Å². The fourth-order valence-electron chi connectivity index (χ4n) is 2.33. The van der Waals surface area contributed by atoms with Crippen LogP contribution in [0.2, 0.25) is 0 Å². The van der Waals surface area contributed by atoms with Crippen molar-refractivity contribution in [2.45, 2.75) is 0 Å². The number of hydrogen-bond donors (Lipinski definition) is 3. The fraction of sp³-hybridized carbons (Fsp3) is 0. The molecule has 0 saturated carbocycles. The predicted octanol–water partition coefficient (Wildman–Crippen LogP) is 0.609. The van der Waals surface area contributed by atoms with Gasteiger partial charge in [0.2, 0.25) is 0 Å². The summed E-state index contributed by atoms with van der Waals surface area (Å²) in [4.78, 5) is 0. The van der Waals surface area contributed by atoms with Crippen molar-refractivity contribution >= 4 is 34.8 Å². The fourth-order valence-corrected chi connectivity index (χ4v) is 4.80. The maximum atomic E-state index is 10.0. The van der Waals surface area contributed by atoms with Gasteiger partial charge in [-0.2, -0.15) is 0 Å². The summed E-state index contributed by atoms with van der Waals surface area (Å²) in [5.41, 5.74) is 2.52. The molecular weight excluding hydrogens is 295 g/mol. The first-order valence-electron chi connectivity index (χ1n) is 5.45. The van der Waals surface area contributed by atoms with E-state index in [2.05, 4.69) is 16.3 Å². The molecule has 0 radical (unpaired) electrons. The van der Waals surface area contributed by atoms with Crippen molar-refractivity contribution in [1.82, 2.24) is 10.2 Å². The molecule has 18 heavy (non-hydrogen) atoms. The first kappa shape index (κ1) is 10.00. The average molecular weight is 303 g/mol. The molecule has 1 aromatic heterocycles. The molecule has 4 nitrogen and oxygen atoms in total. The number of nitrogens with zero attached hydrogens (tertiary/aromatic N) is 1. The van der Waals surface area contributed by atoms with Crippen molar-refractivity contribution in [3.63, 3.8) is 0 Å². The first-order valence-corrected chi connectivity index (χ1v) is 7.16. The van der Waals surface area contributed by atoms with Gasteiger partial charge in [0, 0.05) is 0 Å². The Morgan fingerprint density at radius 2 is 2.00 bits per heavy atom. The third-order valence-electron chi connectivity index (χ3n) is 3.07. The summed E-state index contributed by atoms with van der Waals surface area (Å²) in [6.07, 6.45) is 0. The van der Waals surface area contributed by atoms with Crippen molar-refractivity contribution in [1.29, 1.82) is 0 Å². The molecule has 0 bridgehead atoms. The van der Waals surface area contributed by atoms with Crippen LogP contribution in [0.4, 0.5) is 0 Å². The number of benzene rings is 2. The van der Waals surface area contributed by atoms with E-state index in [1.165, 1.54) is 10.5 Å². The quantitative estimate of drug-likeness (QED) is 0.417. The number of hydrogen-bond acceptors (Lipinski definition) is 3. The van der Waals surface area contributed by atoms with Crippen molar-refractivity contribution < 1.29 is 10.2 Å². The van der Waals surface area contributed by atoms with Gasteiger partial charge in [-0.1, -0.05) is 0 Å². The van der Waals surface area contributed by atoms with Gasteiger partial charge < -0.3 is 0 Å². The van der Waals surface area contributed by atoms with Gasteiger partial charge in [-0.25, -0.2) is 0 Å². The van der Waals surface area contributed by atoms with Crippen molar-refractivity contribution in [3.05, 3.63) is 30.3 Å². The average Bonchev–Trinajstić information content (AvgIpc) is 2.74. The molecule has 0 fully saturated rings. The van der Waals surface area contributed by atoms with E-state index >= 15 is 0 Å². The second-order valence-electron chi connectivity index (χ2n) is 4.19. The van der Waals surface area contributed by atoms with Crippen LogP contribution >= 0.6 is 0 Å². The molecule has 88 valence electrons. The van der Waals surface area contributed by atoms with Gasteiger partial charge in [0.15, 0.2) is 0 Å². The van der Waals surface area contributed by atoms with Gasteiger partial charge in [0.05, 0.1) is 0 Å². The van der Waals surface area contributed by atoms with Gasteiger partial charge >= 0.3 is 108 Å². The van der Waals surface area contributed by atoms with Crippen LogP contribution in [0.25, 0.3) is 22.2 Å². The molecule has 2 heterocycles. The summed E-state index contributed by atoms with van der Waals surface area (Å²) >= 11 is 0.0714. The third-order valence-corrected chi connectivity index (χ3v) is 5.39. The van der Waals surface area contributed by atoms with E-state index in [1.807, 2.05) is 12.1 Å². The zero-order valence-corrected chi connectivity index (χ0v) is 10.8. The number of aromatic hydroxyl groups is 2. The minimum absolute atomic E-state index is 0.0714. The van der Waals surface area contributed by atoms with E-state index in [-0.39, 0.29) is 26.5 Å². The Morgan fingerprint density at radius 1 is 1.11 bits per heavy atom. The zero-order chi connectivity index (χ0) is 12.3. The molecule has 0 atom stereocenters. The molecule has 3 aromatic rings. The molecule has 0 amide bonds. The topological polar surface area (TPSA) is 69.1 Å². The molecule has 2 aromatic carbocycles. The van der Waals surface area contributed by atoms with E-state index in [0.29, 0.717) is 0 Å². The number of aromatic amines is 1. The Morgan fingerprint density at radius 3 is 2.89 bits per heavy atom. The van der Waals surface area contributed by atoms with Crippen molar-refractivity contribution in [2.75, 3.05) is 0 Å². The van der Waals surface area contributed by atoms with Crippen molar-refractivity contribution in [3.8, 4) is 22.8 Å². The molecule has 1 aliphatic heterocycles. The van der Waals surface area contributed by atoms with Crippen molar-refractivity contribution in [2.24, 2.45) is 0 Å². The molecular formula is C13H8N2O2Se. The second-order valence-corrected chi connectivity index (χ2v) is 6.46. The summed E-state index contributed by atoms with van der Waals surface area (Å²) < 4.78 is 2.19. The van der Waals surface area contributed by atoms with Crippen LogP contribution in [0, 0.1) is 0 Å². The Bertz CT molecular complexity index is 795. The number of rotatable bonds is 0. The Kier molecular flexibility index (Phi) is 1.82. The van der Waals surface area contributed by atoms with Crippen LogP contribution in [0.3, 0.4) is 0 Å². The summed E-state index contributed by atoms with van der Waals surface area (Å²) in [5.74, 6) is 0.189. The van der Waals surface area contributed by atoms with Crippen LogP contribution in [0.15, 0.2) is 30.3 Å². The number of fused-ring (bicyclic) bond motifs is 2. The second kappa shape index (κ2) is 3.28. The van der Waals surface area contributed by atoms with Gasteiger partial charge in [-0.15, -0.1) is 0 Å². The Labute approximate surface area is 108 Å². The van der Waals surface area contributed by atoms with Crippen LogP contribution in [-0.4, -0.2) is 35.4 Å². The summed E-state index contributed by atoms with van der Waals surface area (Å²) in [5, 5.41) is 28.0. The van der Waals surface area contributed by atoms with Gasteiger partial charge in [-0.3, -0.25) is 0 Å². The molecule has 4 rings (SSSR count). The normalized spacial score (nSPS) is 12.7. The Hall–Kier alpha value is -1.97. The molecule has 0 unspecified atom stereocenters. The monoisotopic (exact) mass is 304 g/mol. The standard InChI is InChI=1S/C13H8N2O2Se/c16-6-4-8(17)12-10(5-6)18-9-3-1-2-7-11(9)13(12)15-14-7/h1-5,16-17H,(H,14,15). The van der Waals surface area contributed by atoms with Crippen LogP contribution in [0.5, 0.6) is 11.5 Å². The van der Waals surface area contributed by atoms with E-state index < -0.39 is 0 Å². The van der Waals surface area contributed by atoms with E-state index in [0.717, 1.165) is 26.6 Å². The number of phenols is 2. The Balaban J connectivity index is 2.18.